The molecule has 2 N–H and O–H groups in total. The largest absolute Gasteiger partial charge is 0.478 e. The first-order valence-corrected chi connectivity index (χ1v) is 11.4. The highest BCUT2D eigenvalue weighted by molar-refractivity contribution is 5.91. The quantitative estimate of drug-likeness (QED) is 0.233. The molecule has 9 nitrogen and oxygen atoms in total. The Morgan fingerprint density at radius 3 is 2.16 bits per heavy atom. The van der Waals surface area contributed by atoms with Crippen LogP contribution in [0.1, 0.15) is 27.2 Å². The lowest BCUT2D eigenvalue weighted by Crippen LogP contribution is -2.35. The number of amides is 1. The SMILES string of the molecule is C=C(C)C(=O)OCC(COC(=O)C(C)(C)CC(=C)C(=O)O)OC(=O)Nc1ccccc1-c1ccccc1. The van der Waals surface area contributed by atoms with E-state index in [9.17, 15) is 19.2 Å². The van der Waals surface area contributed by atoms with Crippen molar-refractivity contribution in [1.82, 2.24) is 0 Å². The third kappa shape index (κ3) is 8.96. The van der Waals surface area contributed by atoms with Crippen LogP contribution in [0.15, 0.2) is 78.9 Å². The second-order valence-corrected chi connectivity index (χ2v) is 9.01. The topological polar surface area (TPSA) is 128 Å². The number of esters is 2. The fraction of sp³-hybridized carbons (Fsp3) is 0.286. The van der Waals surface area contributed by atoms with Crippen molar-refractivity contribution in [3.8, 4) is 11.1 Å². The molecule has 2 rings (SSSR count). The number of carboxylic acid groups (broad SMARTS) is 1. The molecule has 0 aliphatic heterocycles. The van der Waals surface area contributed by atoms with Gasteiger partial charge in [-0.3, -0.25) is 10.1 Å². The fourth-order valence-corrected chi connectivity index (χ4v) is 3.21. The molecular formula is C28H31NO8. The van der Waals surface area contributed by atoms with Crippen molar-refractivity contribution in [2.24, 2.45) is 5.41 Å². The molecule has 2 aromatic carbocycles. The number of nitrogens with one attached hydrogen (secondary N) is 1. The minimum atomic E-state index is -1.22. The molecule has 0 saturated heterocycles. The van der Waals surface area contributed by atoms with Crippen molar-refractivity contribution < 1.29 is 38.5 Å². The van der Waals surface area contributed by atoms with Crippen molar-refractivity contribution in [2.45, 2.75) is 33.3 Å². The molecule has 196 valence electrons. The van der Waals surface area contributed by atoms with Crippen LogP contribution in [-0.2, 0) is 28.6 Å². The van der Waals surface area contributed by atoms with Crippen LogP contribution >= 0.6 is 0 Å². The van der Waals surface area contributed by atoms with E-state index in [1.54, 1.807) is 12.1 Å². The number of hydrogen-bond acceptors (Lipinski definition) is 7. The van der Waals surface area contributed by atoms with Gasteiger partial charge in [0.2, 0.25) is 0 Å². The molecule has 0 saturated carbocycles. The van der Waals surface area contributed by atoms with E-state index >= 15 is 0 Å². The molecule has 0 bridgehead atoms. The highest BCUT2D eigenvalue weighted by Gasteiger charge is 2.33. The molecule has 0 radical (unpaired) electrons. The summed E-state index contributed by atoms with van der Waals surface area (Å²) in [5.41, 5.74) is 0.917. The molecule has 1 amide bonds. The zero-order valence-corrected chi connectivity index (χ0v) is 21.1. The van der Waals surface area contributed by atoms with Gasteiger partial charge in [-0.05, 0) is 38.8 Å². The van der Waals surface area contributed by atoms with Crippen molar-refractivity contribution in [1.29, 1.82) is 0 Å². The summed E-state index contributed by atoms with van der Waals surface area (Å²) in [5, 5.41) is 11.7. The van der Waals surface area contributed by atoms with Gasteiger partial charge < -0.3 is 19.3 Å². The van der Waals surface area contributed by atoms with E-state index in [2.05, 4.69) is 18.5 Å². The summed E-state index contributed by atoms with van der Waals surface area (Å²) in [6, 6.07) is 16.5. The molecule has 9 heteroatoms. The molecule has 0 aliphatic carbocycles. The van der Waals surface area contributed by atoms with Gasteiger partial charge in [-0.15, -0.1) is 0 Å². The maximum atomic E-state index is 12.7. The summed E-state index contributed by atoms with van der Waals surface area (Å²) in [4.78, 5) is 48.3. The molecule has 1 unspecified atom stereocenters. The number of ether oxygens (including phenoxy) is 3. The van der Waals surface area contributed by atoms with Crippen molar-refractivity contribution >= 4 is 29.7 Å². The lowest BCUT2D eigenvalue weighted by molar-refractivity contribution is -0.159. The van der Waals surface area contributed by atoms with E-state index in [1.807, 2.05) is 42.5 Å². The predicted octanol–water partition coefficient (Wildman–Crippen LogP) is 4.99. The predicted molar refractivity (Wildman–Crippen MR) is 138 cm³/mol. The number of anilines is 1. The number of carboxylic acids is 1. The van der Waals surface area contributed by atoms with Gasteiger partial charge in [-0.25, -0.2) is 14.4 Å². The summed E-state index contributed by atoms with van der Waals surface area (Å²) >= 11 is 0. The monoisotopic (exact) mass is 509 g/mol. The maximum absolute atomic E-state index is 12.7. The molecule has 0 spiro atoms. The van der Waals surface area contributed by atoms with E-state index < -0.39 is 48.7 Å². The van der Waals surface area contributed by atoms with Gasteiger partial charge in [0, 0.05) is 16.7 Å². The Hall–Kier alpha value is -4.40. The van der Waals surface area contributed by atoms with Crippen molar-refractivity contribution in [3.63, 3.8) is 0 Å². The van der Waals surface area contributed by atoms with Crippen LogP contribution in [0.2, 0.25) is 0 Å². The van der Waals surface area contributed by atoms with Gasteiger partial charge in [-0.1, -0.05) is 61.7 Å². The average Bonchev–Trinajstić information content (AvgIpc) is 2.85. The van der Waals surface area contributed by atoms with Gasteiger partial charge in [0.05, 0.1) is 11.1 Å². The Morgan fingerprint density at radius 1 is 0.946 bits per heavy atom. The summed E-state index contributed by atoms with van der Waals surface area (Å²) in [6.45, 7) is 10.6. The van der Waals surface area contributed by atoms with E-state index in [4.69, 9.17) is 19.3 Å². The normalized spacial score (nSPS) is 11.5. The molecule has 0 heterocycles. The molecule has 0 aromatic heterocycles. The lowest BCUT2D eigenvalue weighted by Gasteiger charge is -2.24. The number of para-hydroxylation sites is 1. The van der Waals surface area contributed by atoms with Gasteiger partial charge in [0.15, 0.2) is 6.10 Å². The average molecular weight is 510 g/mol. The molecular weight excluding hydrogens is 478 g/mol. The number of aliphatic carboxylic acids is 1. The maximum Gasteiger partial charge on any atom is 0.412 e. The first kappa shape index (κ1) is 28.8. The molecule has 2 aromatic rings. The third-order valence-electron chi connectivity index (χ3n) is 5.18. The Morgan fingerprint density at radius 2 is 1.54 bits per heavy atom. The molecule has 0 aliphatic rings. The van der Waals surface area contributed by atoms with Crippen LogP contribution in [0.3, 0.4) is 0 Å². The highest BCUT2D eigenvalue weighted by Crippen LogP contribution is 2.28. The fourth-order valence-electron chi connectivity index (χ4n) is 3.21. The zero-order valence-electron chi connectivity index (χ0n) is 21.1. The number of hydrogen-bond donors (Lipinski definition) is 2. The van der Waals surface area contributed by atoms with Crippen LogP contribution < -0.4 is 5.32 Å². The Kier molecular flexibility index (Phi) is 10.2. The second-order valence-electron chi connectivity index (χ2n) is 9.01. The van der Waals surface area contributed by atoms with E-state index in [1.165, 1.54) is 20.8 Å². The standard InChI is InChI=1S/C28H31NO8/c1-18(2)25(32)35-16-21(17-36-26(33)28(4,5)15-19(3)24(30)31)37-27(34)29-23-14-10-9-13-22(23)20-11-7-6-8-12-20/h6-14,21H,1,3,15-17H2,2,4-5H3,(H,29,34)(H,30,31). The Bertz CT molecular complexity index is 1170. The minimum Gasteiger partial charge on any atom is -0.478 e. The van der Waals surface area contributed by atoms with E-state index in [-0.39, 0.29) is 17.6 Å². The molecule has 0 fully saturated rings. The van der Waals surface area contributed by atoms with E-state index in [0.717, 1.165) is 11.1 Å². The zero-order chi connectivity index (χ0) is 27.6. The summed E-state index contributed by atoms with van der Waals surface area (Å²) in [5.74, 6) is -2.65. The lowest BCUT2D eigenvalue weighted by atomic mass is 9.86. The van der Waals surface area contributed by atoms with Crippen molar-refractivity contribution in [2.75, 3.05) is 18.5 Å². The minimum absolute atomic E-state index is 0.144. The summed E-state index contributed by atoms with van der Waals surface area (Å²) in [6.07, 6.45) is -2.14. The summed E-state index contributed by atoms with van der Waals surface area (Å²) < 4.78 is 15.8. The van der Waals surface area contributed by atoms with Crippen LogP contribution in [-0.4, -0.2) is 48.4 Å². The van der Waals surface area contributed by atoms with Gasteiger partial charge in [-0.2, -0.15) is 0 Å². The van der Waals surface area contributed by atoms with Gasteiger partial charge in [0.1, 0.15) is 13.2 Å². The Balaban J connectivity index is 2.11. The van der Waals surface area contributed by atoms with Crippen LogP contribution in [0, 0.1) is 5.41 Å². The summed E-state index contributed by atoms with van der Waals surface area (Å²) in [7, 11) is 0. The molecule has 1 atom stereocenters. The number of benzene rings is 2. The second kappa shape index (κ2) is 13.1. The number of carbonyl (C=O) groups is 4. The van der Waals surface area contributed by atoms with Crippen LogP contribution in [0.4, 0.5) is 10.5 Å². The number of rotatable bonds is 12. The van der Waals surface area contributed by atoms with Crippen molar-refractivity contribution in [3.05, 3.63) is 78.9 Å². The van der Waals surface area contributed by atoms with Crippen LogP contribution in [0.25, 0.3) is 11.1 Å². The van der Waals surface area contributed by atoms with Crippen LogP contribution in [0.5, 0.6) is 0 Å². The first-order chi connectivity index (χ1) is 17.4. The first-order valence-electron chi connectivity index (χ1n) is 11.4. The molecule has 37 heavy (non-hydrogen) atoms. The van der Waals surface area contributed by atoms with Gasteiger partial charge >= 0.3 is 24.0 Å². The van der Waals surface area contributed by atoms with E-state index in [0.29, 0.717) is 5.69 Å². The Labute approximate surface area is 215 Å². The smallest absolute Gasteiger partial charge is 0.412 e. The highest BCUT2D eigenvalue weighted by atomic mass is 16.6. The third-order valence-corrected chi connectivity index (χ3v) is 5.18. The van der Waals surface area contributed by atoms with Gasteiger partial charge in [0.25, 0.3) is 0 Å². The number of carbonyl (C=O) groups excluding carboxylic acids is 3.